The fraction of sp³-hybridized carbons (Fsp3) is 0.250. The molecule has 3 heteroatoms. The number of carbonyl (C=O) groups is 1. The molecule has 2 aromatic rings. The molecule has 0 spiro atoms. The predicted molar refractivity (Wildman–Crippen MR) is 75.7 cm³/mol. The number of Topliss-reactive ketones (excluding diaryl/α,β-unsaturated/α-hetero) is 1. The second-order valence-electron chi connectivity index (χ2n) is 4.90. The molecule has 0 unspecified atom stereocenters. The van der Waals surface area contributed by atoms with E-state index in [2.05, 4.69) is 0 Å². The molecule has 1 aromatic carbocycles. The molecule has 0 saturated carbocycles. The highest BCUT2D eigenvalue weighted by Gasteiger charge is 2.12. The highest BCUT2D eigenvalue weighted by Crippen LogP contribution is 2.17. The van der Waals surface area contributed by atoms with Crippen molar-refractivity contribution < 1.29 is 4.79 Å². The summed E-state index contributed by atoms with van der Waals surface area (Å²) in [5.74, 6) is 0.0682. The third kappa shape index (κ3) is 2.99. The molecule has 2 rings (SSSR count). The summed E-state index contributed by atoms with van der Waals surface area (Å²) in [6.45, 7) is 6.19. The molecule has 0 bridgehead atoms. The largest absolute Gasteiger partial charge is 0.346 e. The van der Waals surface area contributed by atoms with Crippen molar-refractivity contribution in [3.05, 3.63) is 69.1 Å². The first-order chi connectivity index (χ1) is 8.97. The highest BCUT2D eigenvalue weighted by molar-refractivity contribution is 5.98. The molecule has 0 saturated heterocycles. The molecule has 0 amide bonds. The SMILES string of the molecule is Cc1cc(C)c(C(=O)Cn2ccc(=O)cc2)c(C)c1. The number of carbonyl (C=O) groups excluding carboxylic acids is 1. The van der Waals surface area contributed by atoms with Crippen molar-refractivity contribution in [1.29, 1.82) is 0 Å². The predicted octanol–water partition coefficient (Wildman–Crippen LogP) is 2.66. The quantitative estimate of drug-likeness (QED) is 0.791. The van der Waals surface area contributed by atoms with Gasteiger partial charge in [0.15, 0.2) is 11.2 Å². The molecule has 0 aliphatic carbocycles. The Kier molecular flexibility index (Phi) is 3.65. The Labute approximate surface area is 112 Å². The summed E-state index contributed by atoms with van der Waals surface area (Å²) in [6, 6.07) is 6.96. The topological polar surface area (TPSA) is 39.1 Å². The van der Waals surface area contributed by atoms with Crippen LogP contribution >= 0.6 is 0 Å². The van der Waals surface area contributed by atoms with Gasteiger partial charge in [-0.2, -0.15) is 0 Å². The van der Waals surface area contributed by atoms with Crippen LogP contribution in [-0.2, 0) is 6.54 Å². The van der Waals surface area contributed by atoms with Gasteiger partial charge < -0.3 is 4.57 Å². The lowest BCUT2D eigenvalue weighted by Crippen LogP contribution is -2.14. The summed E-state index contributed by atoms with van der Waals surface area (Å²) in [5, 5.41) is 0. The van der Waals surface area contributed by atoms with E-state index in [-0.39, 0.29) is 17.8 Å². The Bertz CT molecular complexity index is 640. The van der Waals surface area contributed by atoms with E-state index in [4.69, 9.17) is 0 Å². The van der Waals surface area contributed by atoms with Crippen LogP contribution in [0.2, 0.25) is 0 Å². The summed E-state index contributed by atoms with van der Waals surface area (Å²) < 4.78 is 1.72. The first-order valence-corrected chi connectivity index (χ1v) is 6.24. The maximum atomic E-state index is 12.4. The van der Waals surface area contributed by atoms with E-state index in [1.807, 2.05) is 32.9 Å². The van der Waals surface area contributed by atoms with Crippen LogP contribution in [0.1, 0.15) is 27.0 Å². The zero-order chi connectivity index (χ0) is 14.0. The maximum absolute atomic E-state index is 12.4. The van der Waals surface area contributed by atoms with E-state index in [1.54, 1.807) is 17.0 Å². The zero-order valence-corrected chi connectivity index (χ0v) is 11.4. The van der Waals surface area contributed by atoms with Crippen molar-refractivity contribution in [3.8, 4) is 0 Å². The van der Waals surface area contributed by atoms with Crippen LogP contribution in [0.3, 0.4) is 0 Å². The molecule has 0 N–H and O–H groups in total. The molecule has 98 valence electrons. The van der Waals surface area contributed by atoms with Crippen molar-refractivity contribution in [1.82, 2.24) is 4.57 Å². The van der Waals surface area contributed by atoms with Crippen LogP contribution in [0, 0.1) is 20.8 Å². The number of ketones is 1. The molecule has 1 aromatic heterocycles. The van der Waals surface area contributed by atoms with Gasteiger partial charge in [0.2, 0.25) is 0 Å². The van der Waals surface area contributed by atoms with E-state index in [1.165, 1.54) is 12.1 Å². The lowest BCUT2D eigenvalue weighted by atomic mass is 9.96. The smallest absolute Gasteiger partial charge is 0.183 e. The Morgan fingerprint density at radius 3 is 2.11 bits per heavy atom. The number of rotatable bonds is 3. The number of aromatic nitrogens is 1. The van der Waals surface area contributed by atoms with Gasteiger partial charge in [0.1, 0.15) is 0 Å². The van der Waals surface area contributed by atoms with Gasteiger partial charge in [-0.3, -0.25) is 9.59 Å². The lowest BCUT2D eigenvalue weighted by molar-refractivity contribution is 0.0970. The molecule has 0 atom stereocenters. The summed E-state index contributed by atoms with van der Waals surface area (Å²) in [5.41, 5.74) is 3.90. The van der Waals surface area contributed by atoms with Crippen LogP contribution in [0.15, 0.2) is 41.5 Å². The number of pyridine rings is 1. The van der Waals surface area contributed by atoms with Crippen molar-refractivity contribution in [2.24, 2.45) is 0 Å². The average Bonchev–Trinajstić information content (AvgIpc) is 2.30. The molecule has 3 nitrogen and oxygen atoms in total. The number of benzene rings is 1. The average molecular weight is 255 g/mol. The summed E-state index contributed by atoms with van der Waals surface area (Å²) in [4.78, 5) is 23.4. The first kappa shape index (κ1) is 13.3. The Morgan fingerprint density at radius 2 is 1.58 bits per heavy atom. The van der Waals surface area contributed by atoms with Gasteiger partial charge in [-0.25, -0.2) is 0 Å². The molecular formula is C16H17NO2. The Morgan fingerprint density at radius 1 is 1.05 bits per heavy atom. The molecule has 0 fully saturated rings. The highest BCUT2D eigenvalue weighted by atomic mass is 16.1. The van der Waals surface area contributed by atoms with Gasteiger partial charge in [0.25, 0.3) is 0 Å². The Hall–Kier alpha value is -2.16. The van der Waals surface area contributed by atoms with Gasteiger partial charge in [0, 0.05) is 30.1 Å². The van der Waals surface area contributed by atoms with Crippen LogP contribution in [0.5, 0.6) is 0 Å². The standard InChI is InChI=1S/C16H17NO2/c1-11-8-12(2)16(13(3)9-11)15(19)10-17-6-4-14(18)5-7-17/h4-9H,10H2,1-3H3. The minimum absolute atomic E-state index is 0.0496. The lowest BCUT2D eigenvalue weighted by Gasteiger charge is -2.11. The number of hydrogen-bond acceptors (Lipinski definition) is 2. The minimum atomic E-state index is -0.0496. The fourth-order valence-electron chi connectivity index (χ4n) is 2.41. The second-order valence-corrected chi connectivity index (χ2v) is 4.90. The monoisotopic (exact) mass is 255 g/mol. The normalized spacial score (nSPS) is 10.5. The second kappa shape index (κ2) is 5.22. The fourth-order valence-corrected chi connectivity index (χ4v) is 2.41. The molecule has 1 heterocycles. The van der Waals surface area contributed by atoms with E-state index in [0.717, 1.165) is 22.3 Å². The van der Waals surface area contributed by atoms with Crippen LogP contribution in [0.25, 0.3) is 0 Å². The molecular weight excluding hydrogens is 238 g/mol. The van der Waals surface area contributed by atoms with Gasteiger partial charge in [-0.1, -0.05) is 17.7 Å². The van der Waals surface area contributed by atoms with E-state index in [9.17, 15) is 9.59 Å². The van der Waals surface area contributed by atoms with Gasteiger partial charge >= 0.3 is 0 Å². The van der Waals surface area contributed by atoms with E-state index < -0.39 is 0 Å². The van der Waals surface area contributed by atoms with Gasteiger partial charge in [-0.05, 0) is 31.9 Å². The van der Waals surface area contributed by atoms with Crippen LogP contribution < -0.4 is 5.43 Å². The third-order valence-corrected chi connectivity index (χ3v) is 3.14. The van der Waals surface area contributed by atoms with Crippen LogP contribution in [0.4, 0.5) is 0 Å². The molecule has 0 radical (unpaired) electrons. The molecule has 0 aliphatic heterocycles. The number of hydrogen-bond donors (Lipinski definition) is 0. The molecule has 19 heavy (non-hydrogen) atoms. The molecule has 0 aliphatic rings. The summed E-state index contributed by atoms with van der Waals surface area (Å²) >= 11 is 0. The third-order valence-electron chi connectivity index (χ3n) is 3.14. The zero-order valence-electron chi connectivity index (χ0n) is 11.4. The number of nitrogens with zero attached hydrogens (tertiary/aromatic N) is 1. The minimum Gasteiger partial charge on any atom is -0.346 e. The Balaban J connectivity index is 2.30. The van der Waals surface area contributed by atoms with Crippen molar-refractivity contribution >= 4 is 5.78 Å². The maximum Gasteiger partial charge on any atom is 0.183 e. The van der Waals surface area contributed by atoms with E-state index in [0.29, 0.717) is 0 Å². The van der Waals surface area contributed by atoms with Crippen molar-refractivity contribution in [2.45, 2.75) is 27.3 Å². The van der Waals surface area contributed by atoms with Crippen LogP contribution in [-0.4, -0.2) is 10.4 Å². The van der Waals surface area contributed by atoms with Gasteiger partial charge in [-0.15, -0.1) is 0 Å². The summed E-state index contributed by atoms with van der Waals surface area (Å²) in [7, 11) is 0. The van der Waals surface area contributed by atoms with Gasteiger partial charge in [0.05, 0.1) is 6.54 Å². The van der Waals surface area contributed by atoms with Crippen molar-refractivity contribution in [3.63, 3.8) is 0 Å². The van der Waals surface area contributed by atoms with Crippen molar-refractivity contribution in [2.75, 3.05) is 0 Å². The first-order valence-electron chi connectivity index (χ1n) is 6.24. The number of aryl methyl sites for hydroxylation is 3. The van der Waals surface area contributed by atoms with E-state index >= 15 is 0 Å². The summed E-state index contributed by atoms with van der Waals surface area (Å²) in [6.07, 6.45) is 3.28.